The van der Waals surface area contributed by atoms with Crippen molar-refractivity contribution in [3.63, 3.8) is 0 Å². The first-order chi connectivity index (χ1) is 8.77. The monoisotopic (exact) mass is 257 g/mol. The molecule has 3 heteroatoms. The van der Waals surface area contributed by atoms with Crippen LogP contribution in [0.3, 0.4) is 0 Å². The van der Waals surface area contributed by atoms with Crippen LogP contribution < -0.4 is 5.32 Å². The maximum atomic E-state index is 5.81. The third-order valence-electron chi connectivity index (χ3n) is 4.00. The number of hydrogen-bond donors (Lipinski definition) is 1. The van der Waals surface area contributed by atoms with Crippen molar-refractivity contribution in [2.75, 3.05) is 26.9 Å². The molecular weight excluding hydrogens is 226 g/mol. The number of hydrogen-bond acceptors (Lipinski definition) is 3. The average Bonchev–Trinajstić information content (AvgIpc) is 2.42. The lowest BCUT2D eigenvalue weighted by molar-refractivity contribution is 0.00736. The Labute approximate surface area is 113 Å². The Kier molecular flexibility index (Phi) is 8.64. The topological polar surface area (TPSA) is 30.5 Å². The molecule has 0 aromatic heterocycles. The summed E-state index contributed by atoms with van der Waals surface area (Å²) in [6, 6.07) is 0.607. The molecule has 3 nitrogen and oxygen atoms in total. The van der Waals surface area contributed by atoms with E-state index in [1.54, 1.807) is 7.11 Å². The summed E-state index contributed by atoms with van der Waals surface area (Å²) >= 11 is 0. The van der Waals surface area contributed by atoms with Crippen LogP contribution >= 0.6 is 0 Å². The number of nitrogens with one attached hydrogen (secondary N) is 1. The van der Waals surface area contributed by atoms with E-state index in [1.165, 1.54) is 32.1 Å². The van der Waals surface area contributed by atoms with Crippen molar-refractivity contribution in [2.24, 2.45) is 5.92 Å². The van der Waals surface area contributed by atoms with Gasteiger partial charge in [-0.3, -0.25) is 0 Å². The van der Waals surface area contributed by atoms with Gasteiger partial charge in [0.25, 0.3) is 0 Å². The molecule has 0 bridgehead atoms. The average molecular weight is 257 g/mol. The zero-order valence-corrected chi connectivity index (χ0v) is 12.4. The van der Waals surface area contributed by atoms with Gasteiger partial charge in [0.05, 0.1) is 6.10 Å². The van der Waals surface area contributed by atoms with Gasteiger partial charge < -0.3 is 14.8 Å². The van der Waals surface area contributed by atoms with Gasteiger partial charge in [0.1, 0.15) is 0 Å². The zero-order valence-electron chi connectivity index (χ0n) is 12.4. The van der Waals surface area contributed by atoms with Crippen LogP contribution in [0.1, 0.15) is 52.4 Å². The summed E-state index contributed by atoms with van der Waals surface area (Å²) in [5.74, 6) is 0.675. The van der Waals surface area contributed by atoms with Crippen LogP contribution in [-0.2, 0) is 9.47 Å². The Morgan fingerprint density at radius 3 is 2.78 bits per heavy atom. The van der Waals surface area contributed by atoms with E-state index in [0.29, 0.717) is 18.1 Å². The molecule has 108 valence electrons. The molecule has 0 aromatic carbocycles. The van der Waals surface area contributed by atoms with Gasteiger partial charge in [-0.2, -0.15) is 0 Å². The highest BCUT2D eigenvalue weighted by Gasteiger charge is 2.20. The lowest BCUT2D eigenvalue weighted by Gasteiger charge is -2.28. The Hall–Kier alpha value is -0.120. The summed E-state index contributed by atoms with van der Waals surface area (Å²) in [6.07, 6.45) is 7.92. The highest BCUT2D eigenvalue weighted by Crippen LogP contribution is 2.21. The van der Waals surface area contributed by atoms with Crippen molar-refractivity contribution < 1.29 is 9.47 Å². The fourth-order valence-corrected chi connectivity index (χ4v) is 2.76. The molecule has 1 N–H and O–H groups in total. The summed E-state index contributed by atoms with van der Waals surface area (Å²) in [5, 5.41) is 3.62. The molecule has 1 fully saturated rings. The van der Waals surface area contributed by atoms with Crippen molar-refractivity contribution in [3.8, 4) is 0 Å². The van der Waals surface area contributed by atoms with Crippen molar-refractivity contribution >= 4 is 0 Å². The van der Waals surface area contributed by atoms with Crippen LogP contribution in [0.15, 0.2) is 0 Å². The normalized spacial score (nSPS) is 23.8. The summed E-state index contributed by atoms with van der Waals surface area (Å²) in [4.78, 5) is 0. The predicted octanol–water partition coefficient (Wildman–Crippen LogP) is 2.99. The third-order valence-corrected chi connectivity index (χ3v) is 4.00. The van der Waals surface area contributed by atoms with Crippen LogP contribution in [0.2, 0.25) is 0 Å². The van der Waals surface area contributed by atoms with E-state index < -0.39 is 0 Å². The molecule has 1 rings (SSSR count). The van der Waals surface area contributed by atoms with Gasteiger partial charge >= 0.3 is 0 Å². The zero-order chi connectivity index (χ0) is 13.2. The molecule has 0 spiro atoms. The molecule has 0 aromatic rings. The standard InChI is InChI=1S/C15H31NO2/c1-4-16-15(13(2)10-12-17-3)9-8-14-7-5-6-11-18-14/h13-16H,4-12H2,1-3H3. The molecule has 3 atom stereocenters. The summed E-state index contributed by atoms with van der Waals surface area (Å²) in [7, 11) is 1.78. The van der Waals surface area contributed by atoms with Gasteiger partial charge in [-0.15, -0.1) is 0 Å². The Morgan fingerprint density at radius 2 is 2.17 bits per heavy atom. The molecule has 1 heterocycles. The van der Waals surface area contributed by atoms with Crippen LogP contribution in [-0.4, -0.2) is 39.0 Å². The van der Waals surface area contributed by atoms with Gasteiger partial charge in [-0.1, -0.05) is 13.8 Å². The largest absolute Gasteiger partial charge is 0.385 e. The van der Waals surface area contributed by atoms with E-state index in [4.69, 9.17) is 9.47 Å². The number of ether oxygens (including phenoxy) is 2. The molecule has 3 unspecified atom stereocenters. The summed E-state index contributed by atoms with van der Waals surface area (Å²) in [5.41, 5.74) is 0. The third kappa shape index (κ3) is 6.17. The maximum absolute atomic E-state index is 5.81. The molecule has 18 heavy (non-hydrogen) atoms. The number of methoxy groups -OCH3 is 1. The molecule has 1 aliphatic rings. The quantitative estimate of drug-likeness (QED) is 0.689. The highest BCUT2D eigenvalue weighted by atomic mass is 16.5. The van der Waals surface area contributed by atoms with Crippen molar-refractivity contribution in [2.45, 2.75) is 64.5 Å². The maximum Gasteiger partial charge on any atom is 0.0575 e. The highest BCUT2D eigenvalue weighted by molar-refractivity contribution is 4.75. The lowest BCUT2D eigenvalue weighted by Crippen LogP contribution is -2.36. The van der Waals surface area contributed by atoms with E-state index in [2.05, 4.69) is 19.2 Å². The van der Waals surface area contributed by atoms with E-state index in [0.717, 1.165) is 26.2 Å². The van der Waals surface area contributed by atoms with Crippen LogP contribution in [0.25, 0.3) is 0 Å². The first-order valence-corrected chi connectivity index (χ1v) is 7.61. The first kappa shape index (κ1) is 15.9. The minimum absolute atomic E-state index is 0.509. The molecule has 0 amide bonds. The molecule has 1 saturated heterocycles. The Bertz CT molecular complexity index is 193. The van der Waals surface area contributed by atoms with Gasteiger partial charge in [0.15, 0.2) is 0 Å². The fraction of sp³-hybridized carbons (Fsp3) is 1.00. The molecule has 1 aliphatic heterocycles. The molecule has 0 saturated carbocycles. The second-order valence-corrected chi connectivity index (χ2v) is 5.49. The summed E-state index contributed by atoms with van der Waals surface area (Å²) < 4.78 is 11.0. The summed E-state index contributed by atoms with van der Waals surface area (Å²) in [6.45, 7) is 7.40. The lowest BCUT2D eigenvalue weighted by atomic mass is 9.92. The van der Waals surface area contributed by atoms with E-state index in [1.807, 2.05) is 0 Å². The second-order valence-electron chi connectivity index (χ2n) is 5.49. The smallest absolute Gasteiger partial charge is 0.0575 e. The number of rotatable bonds is 9. The Balaban J connectivity index is 2.26. The van der Waals surface area contributed by atoms with Crippen molar-refractivity contribution in [1.29, 1.82) is 0 Å². The van der Waals surface area contributed by atoms with Crippen molar-refractivity contribution in [3.05, 3.63) is 0 Å². The molecule has 0 aliphatic carbocycles. The van der Waals surface area contributed by atoms with Crippen LogP contribution in [0, 0.1) is 5.92 Å². The van der Waals surface area contributed by atoms with Crippen LogP contribution in [0.5, 0.6) is 0 Å². The van der Waals surface area contributed by atoms with E-state index in [9.17, 15) is 0 Å². The SMILES string of the molecule is CCNC(CCC1CCCCO1)C(C)CCOC. The fourth-order valence-electron chi connectivity index (χ4n) is 2.76. The predicted molar refractivity (Wildman–Crippen MR) is 75.9 cm³/mol. The van der Waals surface area contributed by atoms with E-state index in [-0.39, 0.29) is 0 Å². The van der Waals surface area contributed by atoms with Crippen LogP contribution in [0.4, 0.5) is 0 Å². The van der Waals surface area contributed by atoms with Gasteiger partial charge in [-0.25, -0.2) is 0 Å². The molecular formula is C15H31NO2. The Morgan fingerprint density at radius 1 is 1.33 bits per heavy atom. The first-order valence-electron chi connectivity index (χ1n) is 7.61. The van der Waals surface area contributed by atoms with E-state index >= 15 is 0 Å². The van der Waals surface area contributed by atoms with Gasteiger partial charge in [0, 0.05) is 26.4 Å². The van der Waals surface area contributed by atoms with Gasteiger partial charge in [0.2, 0.25) is 0 Å². The van der Waals surface area contributed by atoms with Gasteiger partial charge in [-0.05, 0) is 51.0 Å². The van der Waals surface area contributed by atoms with Crippen molar-refractivity contribution in [1.82, 2.24) is 5.32 Å². The second kappa shape index (κ2) is 9.76. The molecule has 0 radical (unpaired) electrons. The minimum Gasteiger partial charge on any atom is -0.385 e. The minimum atomic E-state index is 0.509.